The van der Waals surface area contributed by atoms with E-state index in [0.717, 1.165) is 35.7 Å². The van der Waals surface area contributed by atoms with Crippen molar-refractivity contribution in [2.24, 2.45) is 7.05 Å². The molecule has 146 valence electrons. The molecule has 3 rings (SSSR count). The molecule has 2 amide bonds. The van der Waals surface area contributed by atoms with Gasteiger partial charge in [-0.15, -0.1) is 0 Å². The van der Waals surface area contributed by atoms with E-state index < -0.39 is 6.04 Å². The fraction of sp³-hybridized carbons (Fsp3) is 0.545. The largest absolute Gasteiger partial charge is 0.350 e. The van der Waals surface area contributed by atoms with Gasteiger partial charge < -0.3 is 15.2 Å². The minimum atomic E-state index is -0.496. The van der Waals surface area contributed by atoms with Crippen molar-refractivity contribution in [1.29, 1.82) is 0 Å². The third-order valence-electron chi connectivity index (χ3n) is 5.52. The molecule has 0 saturated carbocycles. The van der Waals surface area contributed by atoms with E-state index in [1.54, 1.807) is 0 Å². The number of amides is 2. The van der Waals surface area contributed by atoms with Crippen LogP contribution in [0, 0.1) is 0 Å². The molecule has 1 fully saturated rings. The number of hydrogen-bond acceptors (Lipinski definition) is 2. The van der Waals surface area contributed by atoms with Crippen molar-refractivity contribution in [1.82, 2.24) is 15.2 Å². The number of piperazine rings is 1. The van der Waals surface area contributed by atoms with E-state index in [4.69, 9.17) is 0 Å². The minimum absolute atomic E-state index is 0.0478. The summed E-state index contributed by atoms with van der Waals surface area (Å²) in [4.78, 5) is 25.0. The summed E-state index contributed by atoms with van der Waals surface area (Å²) in [7, 11) is 2.00. The van der Waals surface area contributed by atoms with Crippen LogP contribution in [0.1, 0.15) is 57.4 Å². The molecule has 1 saturated heterocycles. The first kappa shape index (κ1) is 19.5. The van der Waals surface area contributed by atoms with Gasteiger partial charge in [-0.1, -0.05) is 63.6 Å². The van der Waals surface area contributed by atoms with Gasteiger partial charge in [-0.05, 0) is 18.1 Å². The van der Waals surface area contributed by atoms with Gasteiger partial charge >= 0.3 is 0 Å². The van der Waals surface area contributed by atoms with Crippen molar-refractivity contribution in [3.05, 3.63) is 36.0 Å². The van der Waals surface area contributed by atoms with E-state index in [-0.39, 0.29) is 17.9 Å². The normalized spacial score (nSPS) is 19.9. The molecule has 1 aromatic heterocycles. The maximum absolute atomic E-state index is 12.5. The summed E-state index contributed by atoms with van der Waals surface area (Å²) in [5.74, 6) is -0.119. The molecule has 2 heterocycles. The zero-order chi connectivity index (χ0) is 19.2. The van der Waals surface area contributed by atoms with Crippen molar-refractivity contribution in [3.63, 3.8) is 0 Å². The van der Waals surface area contributed by atoms with Crippen molar-refractivity contribution in [2.75, 3.05) is 0 Å². The Morgan fingerprint density at radius 1 is 0.926 bits per heavy atom. The number of benzene rings is 1. The lowest BCUT2D eigenvalue weighted by molar-refractivity contribution is -0.136. The summed E-state index contributed by atoms with van der Waals surface area (Å²) in [6, 6.07) is 7.26. The summed E-state index contributed by atoms with van der Waals surface area (Å²) < 4.78 is 2.06. The van der Waals surface area contributed by atoms with Crippen LogP contribution < -0.4 is 10.6 Å². The lowest BCUT2D eigenvalue weighted by Crippen LogP contribution is -2.62. The number of aromatic nitrogens is 1. The number of carbonyl (C=O) groups is 2. The molecule has 2 N–H and O–H groups in total. The molecule has 2 atom stereocenters. The van der Waals surface area contributed by atoms with Gasteiger partial charge in [0.25, 0.3) is 0 Å². The molecule has 27 heavy (non-hydrogen) atoms. The summed E-state index contributed by atoms with van der Waals surface area (Å²) in [5, 5.41) is 7.01. The van der Waals surface area contributed by atoms with Gasteiger partial charge in [0.1, 0.15) is 12.1 Å². The highest BCUT2D eigenvalue weighted by Crippen LogP contribution is 2.22. The zero-order valence-electron chi connectivity index (χ0n) is 16.5. The van der Waals surface area contributed by atoms with Crippen molar-refractivity contribution in [3.8, 4) is 0 Å². The molecule has 1 aliphatic rings. The first-order valence-corrected chi connectivity index (χ1v) is 10.2. The third kappa shape index (κ3) is 4.71. The number of unbranched alkanes of at least 4 members (excludes halogenated alkanes) is 5. The van der Waals surface area contributed by atoms with Crippen LogP contribution >= 0.6 is 0 Å². The first-order valence-electron chi connectivity index (χ1n) is 10.2. The Morgan fingerprint density at radius 2 is 1.59 bits per heavy atom. The molecule has 5 nitrogen and oxygen atoms in total. The van der Waals surface area contributed by atoms with Gasteiger partial charge in [0.2, 0.25) is 11.8 Å². The molecular formula is C22H31N3O2. The summed E-state index contributed by atoms with van der Waals surface area (Å²) in [6.07, 6.45) is 10.4. The Morgan fingerprint density at radius 3 is 2.41 bits per heavy atom. The van der Waals surface area contributed by atoms with Crippen LogP contribution in [-0.2, 0) is 23.1 Å². The van der Waals surface area contributed by atoms with Crippen molar-refractivity contribution >= 4 is 22.7 Å². The molecular weight excluding hydrogens is 338 g/mol. The van der Waals surface area contributed by atoms with Crippen LogP contribution in [0.2, 0.25) is 0 Å². The first-order chi connectivity index (χ1) is 13.1. The Bertz CT molecular complexity index is 796. The molecule has 0 spiro atoms. The second-order valence-electron chi connectivity index (χ2n) is 7.67. The molecule has 0 bridgehead atoms. The fourth-order valence-electron chi connectivity index (χ4n) is 3.96. The monoisotopic (exact) mass is 369 g/mol. The highest BCUT2D eigenvalue weighted by molar-refractivity contribution is 5.97. The van der Waals surface area contributed by atoms with E-state index in [1.165, 1.54) is 25.7 Å². The number of nitrogens with zero attached hydrogens (tertiary/aromatic N) is 1. The minimum Gasteiger partial charge on any atom is -0.350 e. The predicted octanol–water partition coefficient (Wildman–Crippen LogP) is 3.45. The zero-order valence-corrected chi connectivity index (χ0v) is 16.5. The number of para-hydroxylation sites is 1. The Hall–Kier alpha value is -2.30. The Kier molecular flexibility index (Phi) is 6.54. The Balaban J connectivity index is 1.54. The van der Waals surface area contributed by atoms with Gasteiger partial charge in [0.15, 0.2) is 0 Å². The number of hydrogen-bond donors (Lipinski definition) is 2. The van der Waals surface area contributed by atoms with Crippen LogP contribution in [0.25, 0.3) is 10.9 Å². The SMILES string of the molecule is CCCCCCCCC1NC(=O)C(Cc2cn(C)c3ccccc23)NC1=O. The second kappa shape index (κ2) is 9.07. The molecule has 0 aliphatic carbocycles. The number of rotatable bonds is 9. The van der Waals surface area contributed by atoms with E-state index in [0.29, 0.717) is 6.42 Å². The van der Waals surface area contributed by atoms with Crippen LogP contribution in [-0.4, -0.2) is 28.5 Å². The molecule has 1 aliphatic heterocycles. The smallest absolute Gasteiger partial charge is 0.243 e. The summed E-state index contributed by atoms with van der Waals surface area (Å²) in [5.41, 5.74) is 2.22. The second-order valence-corrected chi connectivity index (χ2v) is 7.67. The average Bonchev–Trinajstić information content (AvgIpc) is 2.98. The lowest BCUT2D eigenvalue weighted by Gasteiger charge is -2.29. The molecule has 2 aromatic rings. The topological polar surface area (TPSA) is 63.1 Å². The standard InChI is InChI=1S/C22H31N3O2/c1-3-4-5-6-7-8-12-18-21(26)24-19(22(27)23-18)14-16-15-25(2)20-13-10-9-11-17(16)20/h9-11,13,15,18-19H,3-8,12,14H2,1-2H3,(H,23,27)(H,24,26). The van der Waals surface area contributed by atoms with E-state index in [9.17, 15) is 9.59 Å². The van der Waals surface area contributed by atoms with Gasteiger partial charge in [-0.25, -0.2) is 0 Å². The van der Waals surface area contributed by atoms with E-state index in [1.807, 2.05) is 25.4 Å². The number of aryl methyl sites for hydroxylation is 1. The van der Waals surface area contributed by atoms with Crippen LogP contribution in [0.5, 0.6) is 0 Å². The quantitative estimate of drug-likeness (QED) is 0.665. The molecule has 0 radical (unpaired) electrons. The van der Waals surface area contributed by atoms with Gasteiger partial charge in [0, 0.05) is 30.6 Å². The fourth-order valence-corrected chi connectivity index (χ4v) is 3.96. The van der Waals surface area contributed by atoms with Crippen molar-refractivity contribution < 1.29 is 9.59 Å². The number of carbonyl (C=O) groups excluding carboxylic acids is 2. The van der Waals surface area contributed by atoms with Crippen LogP contribution in [0.4, 0.5) is 0 Å². The highest BCUT2D eigenvalue weighted by atomic mass is 16.2. The Labute approximate surface area is 161 Å². The van der Waals surface area contributed by atoms with Crippen LogP contribution in [0.3, 0.4) is 0 Å². The average molecular weight is 370 g/mol. The summed E-state index contributed by atoms with van der Waals surface area (Å²) >= 11 is 0. The van der Waals surface area contributed by atoms with Gasteiger partial charge in [-0.3, -0.25) is 9.59 Å². The third-order valence-corrected chi connectivity index (χ3v) is 5.52. The molecule has 1 aromatic carbocycles. The van der Waals surface area contributed by atoms with Crippen molar-refractivity contribution in [2.45, 2.75) is 70.4 Å². The van der Waals surface area contributed by atoms with E-state index >= 15 is 0 Å². The van der Waals surface area contributed by atoms with E-state index in [2.05, 4.69) is 34.3 Å². The number of nitrogens with one attached hydrogen (secondary N) is 2. The van der Waals surface area contributed by atoms with Gasteiger partial charge in [0.05, 0.1) is 0 Å². The highest BCUT2D eigenvalue weighted by Gasteiger charge is 2.33. The maximum atomic E-state index is 12.5. The van der Waals surface area contributed by atoms with Crippen LogP contribution in [0.15, 0.2) is 30.5 Å². The number of fused-ring (bicyclic) bond motifs is 1. The molecule has 2 unspecified atom stereocenters. The van der Waals surface area contributed by atoms with Gasteiger partial charge in [-0.2, -0.15) is 0 Å². The maximum Gasteiger partial charge on any atom is 0.243 e. The predicted molar refractivity (Wildman–Crippen MR) is 108 cm³/mol. The molecule has 5 heteroatoms. The summed E-state index contributed by atoms with van der Waals surface area (Å²) in [6.45, 7) is 2.20. The lowest BCUT2D eigenvalue weighted by atomic mass is 9.99.